The van der Waals surface area contributed by atoms with Gasteiger partial charge in [0.1, 0.15) is 11.6 Å². The van der Waals surface area contributed by atoms with E-state index in [1.54, 1.807) is 0 Å². The van der Waals surface area contributed by atoms with Crippen LogP contribution in [0.5, 0.6) is 0 Å². The molecule has 2 amide bonds. The van der Waals surface area contributed by atoms with Crippen LogP contribution in [-0.2, 0) is 9.59 Å². The van der Waals surface area contributed by atoms with Gasteiger partial charge in [-0.25, -0.2) is 4.98 Å². The Morgan fingerprint density at radius 3 is 1.27 bits per heavy atom. The van der Waals surface area contributed by atoms with Gasteiger partial charge in [-0.3, -0.25) is 9.59 Å². The third kappa shape index (κ3) is 3.36. The normalized spacial score (nSPS) is 44.2. The van der Waals surface area contributed by atoms with Crippen molar-refractivity contribution in [3.8, 4) is 0 Å². The van der Waals surface area contributed by atoms with Crippen molar-refractivity contribution in [3.63, 3.8) is 0 Å². The summed E-state index contributed by atoms with van der Waals surface area (Å²) in [5.41, 5.74) is 0.637. The van der Waals surface area contributed by atoms with Gasteiger partial charge in [0.2, 0.25) is 11.8 Å². The zero-order chi connectivity index (χ0) is 22.4. The quantitative estimate of drug-likeness (QED) is 0.622. The molecule has 8 aliphatic rings. The van der Waals surface area contributed by atoms with Crippen molar-refractivity contribution in [2.24, 2.45) is 46.3 Å². The van der Waals surface area contributed by atoms with E-state index < -0.39 is 0 Å². The van der Waals surface area contributed by atoms with E-state index in [9.17, 15) is 9.59 Å². The molecule has 9 rings (SSSR count). The molecule has 8 aliphatic carbocycles. The molecule has 8 bridgehead atoms. The first-order chi connectivity index (χ1) is 15.9. The molecule has 176 valence electrons. The minimum atomic E-state index is -0.192. The Labute approximate surface area is 196 Å². The molecule has 0 aliphatic heterocycles. The second-order valence-corrected chi connectivity index (χ2v) is 13.2. The number of nitrogens with zero attached hydrogens (tertiary/aromatic N) is 1. The number of aromatic nitrogens is 1. The van der Waals surface area contributed by atoms with E-state index in [0.717, 1.165) is 79.6 Å². The Balaban J connectivity index is 1.09. The monoisotopic (exact) mass is 447 g/mol. The summed E-state index contributed by atoms with van der Waals surface area (Å²) in [6, 6.07) is 3.89. The van der Waals surface area contributed by atoms with Crippen molar-refractivity contribution in [3.05, 3.63) is 17.7 Å². The molecule has 2 N–H and O–H groups in total. The van der Waals surface area contributed by atoms with E-state index in [-0.39, 0.29) is 22.6 Å². The number of amides is 2. The number of anilines is 2. The summed E-state index contributed by atoms with van der Waals surface area (Å²) in [5, 5.41) is 6.37. The second kappa shape index (κ2) is 7.05. The smallest absolute Gasteiger partial charge is 0.231 e. The van der Waals surface area contributed by atoms with Crippen molar-refractivity contribution in [1.82, 2.24) is 4.98 Å². The van der Waals surface area contributed by atoms with Crippen LogP contribution in [-0.4, -0.2) is 16.8 Å². The summed E-state index contributed by atoms with van der Waals surface area (Å²) in [6.45, 7) is 2.02. The molecule has 1 aromatic heterocycles. The lowest BCUT2D eigenvalue weighted by Crippen LogP contribution is -2.52. The van der Waals surface area contributed by atoms with Crippen LogP contribution < -0.4 is 10.6 Å². The fourth-order valence-corrected chi connectivity index (χ4v) is 10.1. The van der Waals surface area contributed by atoms with Crippen molar-refractivity contribution in [1.29, 1.82) is 0 Å². The lowest BCUT2D eigenvalue weighted by Gasteiger charge is -2.55. The van der Waals surface area contributed by atoms with Gasteiger partial charge >= 0.3 is 0 Å². The van der Waals surface area contributed by atoms with E-state index in [4.69, 9.17) is 4.98 Å². The third-order valence-electron chi connectivity index (χ3n) is 10.5. The maximum atomic E-state index is 13.5. The van der Waals surface area contributed by atoms with Gasteiger partial charge in [0, 0.05) is 0 Å². The van der Waals surface area contributed by atoms with Gasteiger partial charge in [-0.05, 0) is 137 Å². The summed E-state index contributed by atoms with van der Waals surface area (Å²) in [7, 11) is 0. The topological polar surface area (TPSA) is 71.1 Å². The fourth-order valence-electron chi connectivity index (χ4n) is 10.1. The van der Waals surface area contributed by atoms with E-state index in [1.165, 1.54) is 38.5 Å². The molecule has 1 heterocycles. The van der Waals surface area contributed by atoms with Crippen LogP contribution in [0.25, 0.3) is 0 Å². The molecule has 0 radical (unpaired) electrons. The van der Waals surface area contributed by atoms with E-state index >= 15 is 0 Å². The van der Waals surface area contributed by atoms with E-state index in [2.05, 4.69) is 10.6 Å². The highest BCUT2D eigenvalue weighted by Crippen LogP contribution is 2.61. The van der Waals surface area contributed by atoms with Gasteiger partial charge < -0.3 is 10.6 Å². The lowest BCUT2D eigenvalue weighted by molar-refractivity contribution is -0.140. The molecule has 0 saturated heterocycles. The molecule has 33 heavy (non-hydrogen) atoms. The molecule has 1 aromatic rings. The number of carbonyl (C=O) groups excluding carboxylic acids is 2. The predicted molar refractivity (Wildman–Crippen MR) is 127 cm³/mol. The molecule has 5 nitrogen and oxygen atoms in total. The molecular formula is C28H37N3O2. The van der Waals surface area contributed by atoms with Crippen LogP contribution in [0.15, 0.2) is 12.1 Å². The van der Waals surface area contributed by atoms with Crippen LogP contribution in [0.4, 0.5) is 11.6 Å². The third-order valence-corrected chi connectivity index (χ3v) is 10.5. The molecule has 0 aromatic carbocycles. The van der Waals surface area contributed by atoms with Gasteiger partial charge in [-0.1, -0.05) is 0 Å². The van der Waals surface area contributed by atoms with Crippen LogP contribution in [0.3, 0.4) is 0 Å². The Morgan fingerprint density at radius 1 is 0.667 bits per heavy atom. The average Bonchev–Trinajstić information content (AvgIpc) is 2.71. The van der Waals surface area contributed by atoms with E-state index in [1.807, 2.05) is 19.1 Å². The first kappa shape index (κ1) is 20.5. The first-order valence-electron chi connectivity index (χ1n) is 13.5. The molecule has 0 atom stereocenters. The Hall–Kier alpha value is -1.91. The number of rotatable bonds is 4. The summed E-state index contributed by atoms with van der Waals surface area (Å²) in [6.07, 6.45) is 14.3. The highest BCUT2D eigenvalue weighted by Gasteiger charge is 2.56. The van der Waals surface area contributed by atoms with Crippen LogP contribution in [0, 0.1) is 53.3 Å². The number of carbonyl (C=O) groups is 2. The molecule has 0 spiro atoms. The Kier molecular flexibility index (Phi) is 4.37. The average molecular weight is 448 g/mol. The highest BCUT2D eigenvalue weighted by molar-refractivity contribution is 5.97. The molecule has 8 saturated carbocycles. The predicted octanol–water partition coefficient (Wildman–Crippen LogP) is 5.70. The molecule has 5 heteroatoms. The number of nitrogens with one attached hydrogen (secondary N) is 2. The summed E-state index contributed by atoms with van der Waals surface area (Å²) in [4.78, 5) is 31.7. The van der Waals surface area contributed by atoms with E-state index in [0.29, 0.717) is 11.6 Å². The van der Waals surface area contributed by atoms with Gasteiger partial charge in [0.25, 0.3) is 0 Å². The number of hydrogen-bond donors (Lipinski definition) is 2. The number of aryl methyl sites for hydroxylation is 1. The minimum Gasteiger partial charge on any atom is -0.310 e. The molecule has 0 unspecified atom stereocenters. The van der Waals surface area contributed by atoms with Crippen LogP contribution in [0.2, 0.25) is 0 Å². The molecule has 8 fully saturated rings. The van der Waals surface area contributed by atoms with Gasteiger partial charge in [-0.15, -0.1) is 0 Å². The summed E-state index contributed by atoms with van der Waals surface area (Å²) in [5.74, 6) is 5.95. The van der Waals surface area contributed by atoms with Crippen molar-refractivity contribution < 1.29 is 9.59 Å². The minimum absolute atomic E-state index is 0.165. The number of hydrogen-bond acceptors (Lipinski definition) is 3. The fraction of sp³-hybridized carbons (Fsp3) is 0.750. The van der Waals surface area contributed by atoms with Crippen molar-refractivity contribution in [2.75, 3.05) is 10.6 Å². The van der Waals surface area contributed by atoms with Crippen LogP contribution >= 0.6 is 0 Å². The lowest BCUT2D eigenvalue weighted by atomic mass is 9.49. The highest BCUT2D eigenvalue weighted by atomic mass is 16.2. The second-order valence-electron chi connectivity index (χ2n) is 13.2. The maximum Gasteiger partial charge on any atom is 0.231 e. The zero-order valence-electron chi connectivity index (χ0n) is 19.9. The standard InChI is InChI=1S/C28H37N3O2/c1-16-2-23(30-25(32)27-10-17-4-18(11-27)6-19(5-17)12-27)29-24(3-16)31-26(33)28-13-20-7-21(14-28)9-22(8-20)15-28/h2-3,17-22H,4-15H2,1H3,(H2,29,30,31,32,33). The van der Waals surface area contributed by atoms with Crippen LogP contribution in [0.1, 0.15) is 82.6 Å². The summed E-state index contributed by atoms with van der Waals surface area (Å²) >= 11 is 0. The summed E-state index contributed by atoms with van der Waals surface area (Å²) < 4.78 is 0. The Morgan fingerprint density at radius 2 is 0.970 bits per heavy atom. The molecular weight excluding hydrogens is 410 g/mol. The first-order valence-corrected chi connectivity index (χ1v) is 13.5. The zero-order valence-corrected chi connectivity index (χ0v) is 19.9. The Bertz CT molecular complexity index is 868. The van der Waals surface area contributed by atoms with Gasteiger partial charge in [0.15, 0.2) is 0 Å². The van der Waals surface area contributed by atoms with Crippen molar-refractivity contribution >= 4 is 23.5 Å². The number of pyridine rings is 1. The largest absolute Gasteiger partial charge is 0.310 e. The van der Waals surface area contributed by atoms with Gasteiger partial charge in [0.05, 0.1) is 10.8 Å². The van der Waals surface area contributed by atoms with Gasteiger partial charge in [-0.2, -0.15) is 0 Å². The maximum absolute atomic E-state index is 13.5. The SMILES string of the molecule is Cc1cc(NC(=O)C23CC4CC(CC(C4)C2)C3)nc(NC(=O)C23CC4CC(CC(C4)C2)C3)c1. The van der Waals surface area contributed by atoms with Crippen molar-refractivity contribution in [2.45, 2.75) is 84.0 Å².